The smallest absolute Gasteiger partial charge is 0.225 e. The maximum Gasteiger partial charge on any atom is 0.225 e. The third-order valence-electron chi connectivity index (χ3n) is 4.47. The Bertz CT molecular complexity index is 742. The summed E-state index contributed by atoms with van der Waals surface area (Å²) in [5, 5.41) is 9.20. The third kappa shape index (κ3) is 4.74. The summed E-state index contributed by atoms with van der Waals surface area (Å²) in [6.07, 6.45) is 3.18. The number of aliphatic hydroxyl groups excluding tert-OH is 1. The van der Waals surface area contributed by atoms with Crippen LogP contribution in [0, 0.1) is 5.82 Å². The minimum atomic E-state index is -1.03. The van der Waals surface area contributed by atoms with Crippen LogP contribution in [0.2, 0.25) is 0 Å². The molecule has 1 aliphatic heterocycles. The molecule has 0 saturated carbocycles. The summed E-state index contributed by atoms with van der Waals surface area (Å²) >= 11 is -1.03. The summed E-state index contributed by atoms with van der Waals surface area (Å²) < 4.78 is 33.4. The highest BCUT2D eigenvalue weighted by atomic mass is 32.2. The number of methoxy groups -OCH3 is 1. The van der Waals surface area contributed by atoms with E-state index in [1.807, 2.05) is 9.21 Å². The predicted octanol–water partition coefficient (Wildman–Crippen LogP) is 1.21. The molecule has 3 rings (SSSR count). The van der Waals surface area contributed by atoms with Crippen molar-refractivity contribution >= 4 is 17.3 Å². The van der Waals surface area contributed by atoms with Crippen molar-refractivity contribution in [1.82, 2.24) is 14.3 Å². The normalized spacial score (nSPS) is 16.5. The lowest BCUT2D eigenvalue weighted by molar-refractivity contribution is 0.215. The van der Waals surface area contributed by atoms with Crippen LogP contribution in [-0.2, 0) is 22.7 Å². The molecule has 2 heterocycles. The SMILES string of the molecule is COCC[S+]([O-])N1CCN(c2ncc(-c3cccc(CO)c3F)cn2)CC1. The molecule has 9 heteroatoms. The first-order chi connectivity index (χ1) is 13.1. The number of nitrogens with zero attached hydrogens (tertiary/aromatic N) is 4. The maximum absolute atomic E-state index is 14.4. The summed E-state index contributed by atoms with van der Waals surface area (Å²) in [4.78, 5) is 10.8. The zero-order valence-corrected chi connectivity index (χ0v) is 16.0. The number of halogens is 1. The number of piperazine rings is 1. The van der Waals surface area contributed by atoms with Crippen molar-refractivity contribution in [2.24, 2.45) is 0 Å². The van der Waals surface area contributed by atoms with Crippen molar-refractivity contribution in [2.75, 3.05) is 50.5 Å². The topological polar surface area (TPSA) is 84.8 Å². The molecule has 0 radical (unpaired) electrons. The van der Waals surface area contributed by atoms with Gasteiger partial charge in [0.2, 0.25) is 5.95 Å². The highest BCUT2D eigenvalue weighted by Gasteiger charge is 2.26. The minimum Gasteiger partial charge on any atom is -0.598 e. The van der Waals surface area contributed by atoms with Gasteiger partial charge in [0, 0.05) is 60.6 Å². The van der Waals surface area contributed by atoms with Crippen molar-refractivity contribution in [3.63, 3.8) is 0 Å². The molecule has 1 aromatic carbocycles. The number of benzene rings is 1. The lowest BCUT2D eigenvalue weighted by Gasteiger charge is -2.34. The Kier molecular flexibility index (Phi) is 6.97. The molecule has 1 aromatic heterocycles. The van der Waals surface area contributed by atoms with E-state index in [2.05, 4.69) is 9.97 Å². The molecule has 1 aliphatic rings. The van der Waals surface area contributed by atoms with Gasteiger partial charge in [0.15, 0.2) is 0 Å². The van der Waals surface area contributed by atoms with Crippen LogP contribution in [0.5, 0.6) is 0 Å². The highest BCUT2D eigenvalue weighted by molar-refractivity contribution is 7.89. The molecule has 27 heavy (non-hydrogen) atoms. The van der Waals surface area contributed by atoms with E-state index in [1.54, 1.807) is 37.7 Å². The summed E-state index contributed by atoms with van der Waals surface area (Å²) in [6, 6.07) is 4.88. The van der Waals surface area contributed by atoms with Crippen molar-refractivity contribution < 1.29 is 18.8 Å². The van der Waals surface area contributed by atoms with Crippen LogP contribution in [0.1, 0.15) is 5.56 Å². The van der Waals surface area contributed by atoms with E-state index in [1.165, 1.54) is 0 Å². The second kappa shape index (κ2) is 9.43. The first kappa shape index (κ1) is 20.0. The number of aliphatic hydroxyl groups is 1. The van der Waals surface area contributed by atoms with E-state index in [0.717, 1.165) is 0 Å². The fraction of sp³-hybridized carbons (Fsp3) is 0.444. The van der Waals surface area contributed by atoms with Gasteiger partial charge in [-0.2, -0.15) is 0 Å². The predicted molar refractivity (Wildman–Crippen MR) is 102 cm³/mol. The molecule has 1 fully saturated rings. The quantitative estimate of drug-likeness (QED) is 0.707. The molecule has 0 aliphatic carbocycles. The first-order valence-electron chi connectivity index (χ1n) is 8.72. The second-order valence-electron chi connectivity index (χ2n) is 6.14. The zero-order chi connectivity index (χ0) is 19.2. The van der Waals surface area contributed by atoms with E-state index >= 15 is 0 Å². The molecule has 0 amide bonds. The molecule has 0 bridgehead atoms. The van der Waals surface area contributed by atoms with Crippen LogP contribution in [0.15, 0.2) is 30.6 Å². The van der Waals surface area contributed by atoms with Crippen LogP contribution in [0.25, 0.3) is 11.1 Å². The molecule has 1 saturated heterocycles. The Morgan fingerprint density at radius 2 is 1.93 bits per heavy atom. The molecule has 146 valence electrons. The van der Waals surface area contributed by atoms with Crippen LogP contribution in [0.3, 0.4) is 0 Å². The number of hydrogen-bond acceptors (Lipinski definition) is 7. The van der Waals surface area contributed by atoms with E-state index in [9.17, 15) is 14.0 Å². The van der Waals surface area contributed by atoms with Crippen molar-refractivity contribution in [3.05, 3.63) is 42.0 Å². The van der Waals surface area contributed by atoms with Gasteiger partial charge in [-0.05, 0) is 0 Å². The summed E-state index contributed by atoms with van der Waals surface area (Å²) in [6.45, 7) is 2.79. The van der Waals surface area contributed by atoms with E-state index < -0.39 is 17.2 Å². The molecule has 2 aromatic rings. The van der Waals surface area contributed by atoms with Crippen LogP contribution in [-0.4, -0.2) is 69.6 Å². The number of aromatic nitrogens is 2. The van der Waals surface area contributed by atoms with Gasteiger partial charge in [-0.25, -0.2) is 14.4 Å². The summed E-state index contributed by atoms with van der Waals surface area (Å²) in [5.41, 5.74) is 1.17. The lowest BCUT2D eigenvalue weighted by atomic mass is 10.1. The zero-order valence-electron chi connectivity index (χ0n) is 15.2. The van der Waals surface area contributed by atoms with Gasteiger partial charge >= 0.3 is 0 Å². The van der Waals surface area contributed by atoms with Crippen molar-refractivity contribution in [1.29, 1.82) is 0 Å². The van der Waals surface area contributed by atoms with Gasteiger partial charge in [-0.1, -0.05) is 18.2 Å². The molecule has 7 nitrogen and oxygen atoms in total. The number of hydrogen-bond donors (Lipinski definition) is 1. The second-order valence-corrected chi connectivity index (χ2v) is 7.71. The molecule has 1 atom stereocenters. The molecule has 0 spiro atoms. The Hall–Kier alpha value is -1.78. The van der Waals surface area contributed by atoms with Gasteiger partial charge < -0.3 is 19.3 Å². The average molecular weight is 394 g/mol. The van der Waals surface area contributed by atoms with Crippen LogP contribution < -0.4 is 4.90 Å². The first-order valence-corrected chi connectivity index (χ1v) is 9.99. The van der Waals surface area contributed by atoms with E-state index in [0.29, 0.717) is 55.6 Å². The van der Waals surface area contributed by atoms with E-state index in [-0.39, 0.29) is 12.2 Å². The minimum absolute atomic E-state index is 0.245. The fourth-order valence-electron chi connectivity index (χ4n) is 2.92. The molecule has 1 N–H and O–H groups in total. The van der Waals surface area contributed by atoms with Crippen molar-refractivity contribution in [2.45, 2.75) is 6.61 Å². The third-order valence-corrected chi connectivity index (χ3v) is 5.93. The van der Waals surface area contributed by atoms with Crippen molar-refractivity contribution in [3.8, 4) is 11.1 Å². The van der Waals surface area contributed by atoms with Gasteiger partial charge in [-0.3, -0.25) is 0 Å². The lowest BCUT2D eigenvalue weighted by Crippen LogP contribution is -2.50. The Morgan fingerprint density at radius 3 is 2.56 bits per heavy atom. The molecule has 1 unspecified atom stereocenters. The van der Waals surface area contributed by atoms with Gasteiger partial charge in [0.25, 0.3) is 0 Å². The fourth-order valence-corrected chi connectivity index (χ4v) is 4.06. The van der Waals surface area contributed by atoms with Crippen LogP contribution >= 0.6 is 0 Å². The summed E-state index contributed by atoms with van der Waals surface area (Å²) in [7, 11) is 1.60. The number of ether oxygens (including phenoxy) is 1. The monoisotopic (exact) mass is 394 g/mol. The Balaban J connectivity index is 1.64. The van der Waals surface area contributed by atoms with Gasteiger partial charge in [0.05, 0.1) is 26.3 Å². The largest absolute Gasteiger partial charge is 0.598 e. The van der Waals surface area contributed by atoms with Gasteiger partial charge in [-0.15, -0.1) is 4.31 Å². The Morgan fingerprint density at radius 1 is 1.22 bits per heavy atom. The standard InChI is InChI=1S/C18H23FN4O3S/c1-26-9-10-27(25)23-7-5-22(6-8-23)18-20-11-15(12-21-18)16-4-2-3-14(13-24)17(16)19/h2-4,11-12,24H,5-10,13H2,1H3. The number of anilines is 1. The summed E-state index contributed by atoms with van der Waals surface area (Å²) in [5.74, 6) is 0.614. The number of rotatable bonds is 7. The average Bonchev–Trinajstić information content (AvgIpc) is 2.72. The van der Waals surface area contributed by atoms with Crippen LogP contribution in [0.4, 0.5) is 10.3 Å². The highest BCUT2D eigenvalue weighted by Crippen LogP contribution is 2.25. The van der Waals surface area contributed by atoms with Gasteiger partial charge in [0.1, 0.15) is 11.6 Å². The Labute approximate surface area is 161 Å². The maximum atomic E-state index is 14.4. The van der Waals surface area contributed by atoms with E-state index in [4.69, 9.17) is 4.74 Å². The molecular formula is C18H23FN4O3S. The molecular weight excluding hydrogens is 371 g/mol.